The first-order valence-electron chi connectivity index (χ1n) is 7.53. The number of carbonyl (C=O) groups is 3. The lowest BCUT2D eigenvalue weighted by Crippen LogP contribution is -2.33. The van der Waals surface area contributed by atoms with Crippen LogP contribution in [0.2, 0.25) is 0 Å². The molecule has 0 radical (unpaired) electrons. The van der Waals surface area contributed by atoms with Crippen molar-refractivity contribution in [1.29, 1.82) is 0 Å². The highest BCUT2D eigenvalue weighted by atomic mass is 16.7. The second-order valence-electron chi connectivity index (χ2n) is 5.69. The number of alkyl carbamates (subject to hydrolysis) is 1. The van der Waals surface area contributed by atoms with Crippen molar-refractivity contribution in [2.45, 2.75) is 60.2 Å². The van der Waals surface area contributed by atoms with Crippen molar-refractivity contribution in [2.75, 3.05) is 6.73 Å². The van der Waals surface area contributed by atoms with Gasteiger partial charge in [0.2, 0.25) is 6.29 Å². The molecule has 0 saturated heterocycles. The maximum atomic E-state index is 11.4. The van der Waals surface area contributed by atoms with Gasteiger partial charge in [0.15, 0.2) is 6.73 Å². The fraction of sp³-hybridized carbons (Fsp3) is 0.800. The van der Waals surface area contributed by atoms with E-state index < -0.39 is 18.4 Å². The van der Waals surface area contributed by atoms with Crippen LogP contribution in [0.15, 0.2) is 0 Å². The summed E-state index contributed by atoms with van der Waals surface area (Å²) in [4.78, 5) is 34.0. The molecule has 0 fully saturated rings. The number of esters is 2. The lowest BCUT2D eigenvalue weighted by Gasteiger charge is -2.15. The first-order valence-corrected chi connectivity index (χ1v) is 7.53. The third-order valence-corrected chi connectivity index (χ3v) is 2.64. The highest BCUT2D eigenvalue weighted by molar-refractivity contribution is 5.72. The highest BCUT2D eigenvalue weighted by Crippen LogP contribution is 2.06. The van der Waals surface area contributed by atoms with E-state index in [1.54, 1.807) is 13.8 Å². The van der Waals surface area contributed by atoms with Crippen LogP contribution in [0.5, 0.6) is 0 Å². The molecule has 0 saturated carbocycles. The fourth-order valence-electron chi connectivity index (χ4n) is 1.42. The third kappa shape index (κ3) is 10.9. The molecule has 1 amide bonds. The van der Waals surface area contributed by atoms with Gasteiger partial charge in [0, 0.05) is 13.3 Å². The van der Waals surface area contributed by atoms with Gasteiger partial charge in [-0.25, -0.2) is 4.79 Å². The normalized spacial score (nSPS) is 12.0. The predicted octanol–water partition coefficient (Wildman–Crippen LogP) is 2.58. The minimum absolute atomic E-state index is 0.274. The van der Waals surface area contributed by atoms with E-state index >= 15 is 0 Å². The SMILES string of the molecule is CC(C)CCCC(=O)OCNC(=O)O[C@H](C)OC(=O)C(C)C. The number of nitrogens with one attached hydrogen (secondary N) is 1. The number of amides is 1. The van der Waals surface area contributed by atoms with Crippen LogP contribution < -0.4 is 5.32 Å². The summed E-state index contributed by atoms with van der Waals surface area (Å²) in [5, 5.41) is 2.25. The fourth-order valence-corrected chi connectivity index (χ4v) is 1.42. The van der Waals surface area contributed by atoms with Gasteiger partial charge in [0.25, 0.3) is 0 Å². The number of ether oxygens (including phenoxy) is 3. The van der Waals surface area contributed by atoms with Crippen molar-refractivity contribution in [3.8, 4) is 0 Å². The van der Waals surface area contributed by atoms with Crippen molar-refractivity contribution in [3.63, 3.8) is 0 Å². The molecule has 1 N–H and O–H groups in total. The van der Waals surface area contributed by atoms with Gasteiger partial charge in [-0.1, -0.05) is 34.1 Å². The largest absolute Gasteiger partial charge is 0.444 e. The van der Waals surface area contributed by atoms with Crippen LogP contribution in [0.4, 0.5) is 4.79 Å². The third-order valence-electron chi connectivity index (χ3n) is 2.64. The molecule has 0 aliphatic rings. The molecule has 0 aromatic carbocycles. The summed E-state index contributed by atoms with van der Waals surface area (Å²) in [5.74, 6) is -0.603. The Kier molecular flexibility index (Phi) is 9.98. The van der Waals surface area contributed by atoms with E-state index in [1.807, 2.05) is 0 Å². The lowest BCUT2D eigenvalue weighted by atomic mass is 10.1. The molecule has 0 heterocycles. The second-order valence-corrected chi connectivity index (χ2v) is 5.69. The van der Waals surface area contributed by atoms with Crippen molar-refractivity contribution in [2.24, 2.45) is 11.8 Å². The molecule has 22 heavy (non-hydrogen) atoms. The van der Waals surface area contributed by atoms with E-state index in [0.29, 0.717) is 12.3 Å². The zero-order chi connectivity index (χ0) is 17.1. The molecule has 0 aliphatic carbocycles. The molecule has 0 unspecified atom stereocenters. The van der Waals surface area contributed by atoms with Crippen LogP contribution in [-0.4, -0.2) is 31.1 Å². The zero-order valence-corrected chi connectivity index (χ0v) is 14.0. The standard InChI is InChI=1S/C15H27NO6/c1-10(2)7-6-8-13(17)20-9-16-15(19)22-12(5)21-14(18)11(3)4/h10-12H,6-9H2,1-5H3,(H,16,19)/t12-/m1/s1. The molecular weight excluding hydrogens is 290 g/mol. The number of hydrogen-bond donors (Lipinski definition) is 1. The van der Waals surface area contributed by atoms with E-state index in [9.17, 15) is 14.4 Å². The van der Waals surface area contributed by atoms with Gasteiger partial charge in [0.1, 0.15) is 0 Å². The highest BCUT2D eigenvalue weighted by Gasteiger charge is 2.16. The summed E-state index contributed by atoms with van der Waals surface area (Å²) >= 11 is 0. The van der Waals surface area contributed by atoms with E-state index in [-0.39, 0.29) is 18.6 Å². The van der Waals surface area contributed by atoms with Crippen LogP contribution in [0, 0.1) is 11.8 Å². The number of rotatable bonds is 9. The molecule has 0 aliphatic heterocycles. The van der Waals surface area contributed by atoms with Gasteiger partial charge in [0.05, 0.1) is 5.92 Å². The average Bonchev–Trinajstić information content (AvgIpc) is 2.37. The first-order chi connectivity index (χ1) is 10.2. The molecule has 0 bridgehead atoms. The van der Waals surface area contributed by atoms with Gasteiger partial charge in [-0.15, -0.1) is 0 Å². The second kappa shape index (κ2) is 10.9. The Hall–Kier alpha value is -1.79. The van der Waals surface area contributed by atoms with Gasteiger partial charge in [-0.2, -0.15) is 0 Å². The van der Waals surface area contributed by atoms with Crippen LogP contribution in [0.25, 0.3) is 0 Å². The quantitative estimate of drug-likeness (QED) is 0.519. The van der Waals surface area contributed by atoms with Gasteiger partial charge in [-0.3, -0.25) is 14.9 Å². The molecule has 7 heteroatoms. The molecule has 0 spiro atoms. The summed E-state index contributed by atoms with van der Waals surface area (Å²) in [6.45, 7) is 8.66. The Bertz CT molecular complexity index is 367. The minimum atomic E-state index is -1.00. The van der Waals surface area contributed by atoms with Crippen molar-refractivity contribution in [1.82, 2.24) is 5.32 Å². The van der Waals surface area contributed by atoms with E-state index in [2.05, 4.69) is 19.2 Å². The van der Waals surface area contributed by atoms with Crippen molar-refractivity contribution >= 4 is 18.0 Å². The maximum Gasteiger partial charge on any atom is 0.412 e. The molecule has 7 nitrogen and oxygen atoms in total. The summed E-state index contributed by atoms with van der Waals surface area (Å²) in [7, 11) is 0. The van der Waals surface area contributed by atoms with E-state index in [0.717, 1.165) is 12.8 Å². The van der Waals surface area contributed by atoms with Gasteiger partial charge < -0.3 is 14.2 Å². The molecule has 1 atom stereocenters. The Morgan fingerprint density at radius 3 is 2.18 bits per heavy atom. The van der Waals surface area contributed by atoms with Crippen LogP contribution in [0.1, 0.15) is 53.9 Å². The number of carbonyl (C=O) groups excluding carboxylic acids is 3. The Labute approximate surface area is 131 Å². The molecule has 0 aromatic rings. The topological polar surface area (TPSA) is 90.9 Å². The Morgan fingerprint density at radius 1 is 1.00 bits per heavy atom. The maximum absolute atomic E-state index is 11.4. The van der Waals surface area contributed by atoms with E-state index in [4.69, 9.17) is 14.2 Å². The summed E-state index contributed by atoms with van der Waals surface area (Å²) in [5.41, 5.74) is 0. The summed E-state index contributed by atoms with van der Waals surface area (Å²) in [6, 6.07) is 0. The molecular formula is C15H27NO6. The molecule has 0 aromatic heterocycles. The lowest BCUT2D eigenvalue weighted by molar-refractivity contribution is -0.168. The summed E-state index contributed by atoms with van der Waals surface area (Å²) in [6.07, 6.45) is 0.194. The average molecular weight is 317 g/mol. The predicted molar refractivity (Wildman–Crippen MR) is 79.7 cm³/mol. The van der Waals surface area contributed by atoms with Crippen molar-refractivity contribution in [3.05, 3.63) is 0 Å². The van der Waals surface area contributed by atoms with Gasteiger partial charge in [-0.05, 0) is 12.3 Å². The van der Waals surface area contributed by atoms with Crippen LogP contribution in [0.3, 0.4) is 0 Å². The minimum Gasteiger partial charge on any atom is -0.444 e. The number of hydrogen-bond acceptors (Lipinski definition) is 6. The Balaban J connectivity index is 3.76. The van der Waals surface area contributed by atoms with Crippen LogP contribution in [-0.2, 0) is 23.8 Å². The monoisotopic (exact) mass is 317 g/mol. The zero-order valence-electron chi connectivity index (χ0n) is 14.0. The van der Waals surface area contributed by atoms with Gasteiger partial charge >= 0.3 is 18.0 Å². The van der Waals surface area contributed by atoms with E-state index in [1.165, 1.54) is 6.92 Å². The van der Waals surface area contributed by atoms with Crippen molar-refractivity contribution < 1.29 is 28.6 Å². The van der Waals surface area contributed by atoms with Crippen LogP contribution >= 0.6 is 0 Å². The Morgan fingerprint density at radius 2 is 1.64 bits per heavy atom. The summed E-state index contributed by atoms with van der Waals surface area (Å²) < 4.78 is 14.5. The first kappa shape index (κ1) is 20.2. The smallest absolute Gasteiger partial charge is 0.412 e. The molecule has 0 rings (SSSR count). The molecule has 128 valence electrons.